The van der Waals surface area contributed by atoms with E-state index in [9.17, 15) is 4.79 Å². The molecule has 4 rings (SSSR count). The van der Waals surface area contributed by atoms with E-state index < -0.39 is 0 Å². The third-order valence-corrected chi connectivity index (χ3v) is 6.17. The quantitative estimate of drug-likeness (QED) is 0.430. The van der Waals surface area contributed by atoms with Crippen molar-refractivity contribution >= 4 is 23.1 Å². The molecule has 0 unspecified atom stereocenters. The van der Waals surface area contributed by atoms with E-state index in [1.165, 1.54) is 22.5 Å². The molecule has 5 nitrogen and oxygen atoms in total. The molecular formula is C24H23N3O2S. The fourth-order valence-electron chi connectivity index (χ4n) is 3.61. The van der Waals surface area contributed by atoms with E-state index in [4.69, 9.17) is 10.3 Å². The molecule has 2 heterocycles. The molecule has 0 bridgehead atoms. The molecular weight excluding hydrogens is 394 g/mol. The minimum atomic E-state index is -0.267. The molecule has 0 saturated carbocycles. The average Bonchev–Trinajstić information content (AvgIpc) is 3.37. The number of benzene rings is 2. The van der Waals surface area contributed by atoms with Crippen LogP contribution in [0.1, 0.15) is 39.4 Å². The van der Waals surface area contributed by atoms with Crippen molar-refractivity contribution in [3.05, 3.63) is 94.4 Å². The molecule has 152 valence electrons. The van der Waals surface area contributed by atoms with Gasteiger partial charge in [0.15, 0.2) is 0 Å². The number of nitrogens with zero attached hydrogens (tertiary/aromatic N) is 1. The van der Waals surface area contributed by atoms with Crippen molar-refractivity contribution in [3.8, 4) is 10.6 Å². The van der Waals surface area contributed by atoms with E-state index in [0.717, 1.165) is 16.9 Å². The predicted molar refractivity (Wildman–Crippen MR) is 121 cm³/mol. The van der Waals surface area contributed by atoms with Crippen molar-refractivity contribution in [2.45, 2.75) is 19.3 Å². The molecule has 0 aliphatic rings. The highest BCUT2D eigenvalue weighted by atomic mass is 32.1. The highest BCUT2D eigenvalue weighted by Gasteiger charge is 2.24. The maximum absolute atomic E-state index is 12.9. The van der Waals surface area contributed by atoms with Gasteiger partial charge in [-0.15, -0.1) is 11.3 Å². The van der Waals surface area contributed by atoms with E-state index in [2.05, 4.69) is 34.7 Å². The fraction of sp³-hybridized carbons (Fsp3) is 0.167. The summed E-state index contributed by atoms with van der Waals surface area (Å²) < 4.78 is 5.14. The van der Waals surface area contributed by atoms with E-state index in [1.54, 1.807) is 0 Å². The van der Waals surface area contributed by atoms with Gasteiger partial charge in [-0.1, -0.05) is 65.8 Å². The van der Waals surface area contributed by atoms with Gasteiger partial charge in [-0.2, -0.15) is 0 Å². The summed E-state index contributed by atoms with van der Waals surface area (Å²) in [6, 6.07) is 22.6. The average molecular weight is 418 g/mol. The van der Waals surface area contributed by atoms with E-state index in [-0.39, 0.29) is 17.7 Å². The monoisotopic (exact) mass is 417 g/mol. The number of nitrogens with one attached hydrogen (secondary N) is 1. The zero-order valence-corrected chi connectivity index (χ0v) is 17.5. The molecule has 30 heavy (non-hydrogen) atoms. The number of hydrogen-bond donors (Lipinski definition) is 2. The summed E-state index contributed by atoms with van der Waals surface area (Å²) in [5.74, 6) is -0.0408. The van der Waals surface area contributed by atoms with Crippen LogP contribution in [-0.2, 0) is 0 Å². The van der Waals surface area contributed by atoms with Gasteiger partial charge in [0.2, 0.25) is 5.88 Å². The summed E-state index contributed by atoms with van der Waals surface area (Å²) in [6.45, 7) is 2.48. The Morgan fingerprint density at radius 1 is 1.07 bits per heavy atom. The largest absolute Gasteiger partial charge is 0.367 e. The number of nitrogens with two attached hydrogens (primary N) is 1. The van der Waals surface area contributed by atoms with Gasteiger partial charge >= 0.3 is 0 Å². The maximum Gasteiger partial charge on any atom is 0.259 e. The van der Waals surface area contributed by atoms with E-state index in [0.29, 0.717) is 17.8 Å². The van der Waals surface area contributed by atoms with Crippen molar-refractivity contribution in [1.29, 1.82) is 0 Å². The van der Waals surface area contributed by atoms with Crippen LogP contribution in [0, 0.1) is 6.92 Å². The molecule has 3 N–H and O–H groups in total. The Balaban J connectivity index is 1.50. The highest BCUT2D eigenvalue weighted by Crippen LogP contribution is 2.33. The summed E-state index contributed by atoms with van der Waals surface area (Å²) in [7, 11) is 0. The fourth-order valence-corrected chi connectivity index (χ4v) is 4.52. The van der Waals surface area contributed by atoms with Gasteiger partial charge in [-0.3, -0.25) is 4.79 Å². The van der Waals surface area contributed by atoms with Crippen LogP contribution in [0.5, 0.6) is 0 Å². The highest BCUT2D eigenvalue weighted by molar-refractivity contribution is 7.13. The number of amides is 1. The molecule has 0 fully saturated rings. The second kappa shape index (κ2) is 8.97. The van der Waals surface area contributed by atoms with Gasteiger partial charge in [-0.05, 0) is 41.5 Å². The SMILES string of the molecule is Cc1ccsc1-c1noc(N)c1C(=O)NCCC(c1ccccc1)c1ccccc1. The normalized spacial score (nSPS) is 11.0. The minimum absolute atomic E-state index is 0.0398. The number of rotatable bonds is 7. The summed E-state index contributed by atoms with van der Waals surface area (Å²) >= 11 is 1.51. The topological polar surface area (TPSA) is 81.2 Å². The zero-order chi connectivity index (χ0) is 20.9. The molecule has 0 saturated heterocycles. The smallest absolute Gasteiger partial charge is 0.259 e. The number of thiophene rings is 1. The van der Waals surface area contributed by atoms with Crippen LogP contribution in [0.15, 0.2) is 76.6 Å². The van der Waals surface area contributed by atoms with Gasteiger partial charge in [0.05, 0.1) is 4.88 Å². The third kappa shape index (κ3) is 4.14. The van der Waals surface area contributed by atoms with Crippen LogP contribution < -0.4 is 11.1 Å². The molecule has 1 amide bonds. The summed E-state index contributed by atoms with van der Waals surface area (Å²) in [5.41, 5.74) is 10.2. The number of carbonyl (C=O) groups is 1. The van der Waals surface area contributed by atoms with Gasteiger partial charge in [0.1, 0.15) is 11.3 Å². The predicted octanol–water partition coefficient (Wildman–Crippen LogP) is 5.25. The van der Waals surface area contributed by atoms with E-state index in [1.807, 2.05) is 54.8 Å². The summed E-state index contributed by atoms with van der Waals surface area (Å²) in [5, 5.41) is 8.99. The van der Waals surface area contributed by atoms with Crippen LogP contribution in [0.4, 0.5) is 5.88 Å². The van der Waals surface area contributed by atoms with Crippen molar-refractivity contribution in [2.75, 3.05) is 12.3 Å². The van der Waals surface area contributed by atoms with Crippen LogP contribution >= 0.6 is 11.3 Å². The Morgan fingerprint density at radius 3 is 2.27 bits per heavy atom. The number of aromatic nitrogens is 1. The van der Waals surface area contributed by atoms with Gasteiger partial charge in [0, 0.05) is 12.5 Å². The number of aryl methyl sites for hydroxylation is 1. The van der Waals surface area contributed by atoms with E-state index >= 15 is 0 Å². The molecule has 0 radical (unpaired) electrons. The number of hydrogen-bond acceptors (Lipinski definition) is 5. The number of nitrogen functional groups attached to an aromatic ring is 1. The molecule has 0 atom stereocenters. The molecule has 2 aromatic heterocycles. The first-order valence-corrected chi connectivity index (χ1v) is 10.7. The lowest BCUT2D eigenvalue weighted by Crippen LogP contribution is -2.26. The van der Waals surface area contributed by atoms with Gasteiger partial charge < -0.3 is 15.6 Å². The Bertz CT molecular complexity index is 1080. The zero-order valence-electron chi connectivity index (χ0n) is 16.7. The Labute approximate surface area is 179 Å². The molecule has 0 aliphatic heterocycles. The minimum Gasteiger partial charge on any atom is -0.367 e. The third-order valence-electron chi connectivity index (χ3n) is 5.15. The molecule has 2 aromatic carbocycles. The summed E-state index contributed by atoms with van der Waals surface area (Å²) in [4.78, 5) is 13.8. The standard InChI is InChI=1S/C24H23N3O2S/c1-16-13-15-30-22(16)21-20(23(25)29-27-21)24(28)26-14-12-19(17-8-4-2-5-9-17)18-10-6-3-7-11-18/h2-11,13,15,19H,12,14,25H2,1H3,(H,26,28). The molecule has 4 aromatic rings. The summed E-state index contributed by atoms with van der Waals surface area (Å²) in [6.07, 6.45) is 0.762. The molecule has 0 spiro atoms. The number of anilines is 1. The second-order valence-electron chi connectivity index (χ2n) is 7.12. The second-order valence-corrected chi connectivity index (χ2v) is 8.04. The first-order chi connectivity index (χ1) is 14.6. The lowest BCUT2D eigenvalue weighted by atomic mass is 9.88. The van der Waals surface area contributed by atoms with Gasteiger partial charge in [-0.25, -0.2) is 0 Å². The maximum atomic E-state index is 12.9. The number of carbonyl (C=O) groups excluding carboxylic acids is 1. The molecule has 6 heteroatoms. The lowest BCUT2D eigenvalue weighted by molar-refractivity contribution is 0.0954. The van der Waals surface area contributed by atoms with Crippen LogP contribution in [-0.4, -0.2) is 17.6 Å². The lowest BCUT2D eigenvalue weighted by Gasteiger charge is -2.18. The van der Waals surface area contributed by atoms with Gasteiger partial charge in [0.25, 0.3) is 5.91 Å². The van der Waals surface area contributed by atoms with Crippen molar-refractivity contribution in [2.24, 2.45) is 0 Å². The van der Waals surface area contributed by atoms with Crippen LogP contribution in [0.2, 0.25) is 0 Å². The Hall–Kier alpha value is -3.38. The Kier molecular flexibility index (Phi) is 5.95. The van der Waals surface area contributed by atoms with Crippen molar-refractivity contribution < 1.29 is 9.32 Å². The van der Waals surface area contributed by atoms with Crippen LogP contribution in [0.3, 0.4) is 0 Å². The Morgan fingerprint density at radius 2 is 1.70 bits per heavy atom. The van der Waals surface area contributed by atoms with Crippen molar-refractivity contribution in [3.63, 3.8) is 0 Å². The first kappa shape index (κ1) is 19.9. The van der Waals surface area contributed by atoms with Crippen LogP contribution in [0.25, 0.3) is 10.6 Å². The van der Waals surface area contributed by atoms with Crippen molar-refractivity contribution in [1.82, 2.24) is 10.5 Å². The first-order valence-electron chi connectivity index (χ1n) is 9.83. The molecule has 0 aliphatic carbocycles.